The van der Waals surface area contributed by atoms with Gasteiger partial charge in [0.05, 0.1) is 13.2 Å². The average molecular weight is 226 g/mol. The number of nitrogens with one attached hydrogen (secondary N) is 1. The van der Waals surface area contributed by atoms with Crippen molar-refractivity contribution in [3.63, 3.8) is 0 Å². The Kier molecular flexibility index (Phi) is 7.02. The minimum Gasteiger partial charge on any atom is -0.383 e. The van der Waals surface area contributed by atoms with Crippen LogP contribution in [0.15, 0.2) is 0 Å². The molecule has 0 aromatic carbocycles. The van der Waals surface area contributed by atoms with E-state index in [1.165, 1.54) is 25.6 Å². The topological polar surface area (TPSA) is 67.9 Å². The lowest BCUT2D eigenvalue weighted by molar-refractivity contribution is 0.183. The molecule has 1 N–H and O–H groups in total. The van der Waals surface area contributed by atoms with Crippen molar-refractivity contribution in [1.82, 2.24) is 9.03 Å². The summed E-state index contributed by atoms with van der Waals surface area (Å²) in [5.74, 6) is 0. The van der Waals surface area contributed by atoms with E-state index in [4.69, 9.17) is 9.47 Å². The molecule has 0 saturated heterocycles. The Morgan fingerprint density at radius 3 is 2.29 bits per heavy atom. The van der Waals surface area contributed by atoms with Crippen LogP contribution < -0.4 is 4.72 Å². The van der Waals surface area contributed by atoms with E-state index in [0.717, 1.165) is 0 Å². The van der Waals surface area contributed by atoms with Gasteiger partial charge in [-0.25, -0.2) is 0 Å². The molecular formula is C7H18N2O4S. The summed E-state index contributed by atoms with van der Waals surface area (Å²) in [5, 5.41) is 0. The van der Waals surface area contributed by atoms with Crippen molar-refractivity contribution in [2.45, 2.75) is 0 Å². The lowest BCUT2D eigenvalue weighted by Crippen LogP contribution is -2.40. The van der Waals surface area contributed by atoms with Gasteiger partial charge < -0.3 is 9.47 Å². The van der Waals surface area contributed by atoms with Crippen LogP contribution in [0.4, 0.5) is 0 Å². The number of methoxy groups -OCH3 is 2. The Morgan fingerprint density at radius 2 is 1.79 bits per heavy atom. The van der Waals surface area contributed by atoms with Crippen LogP contribution in [0.1, 0.15) is 0 Å². The van der Waals surface area contributed by atoms with Gasteiger partial charge in [-0.15, -0.1) is 0 Å². The molecule has 0 bridgehead atoms. The Balaban J connectivity index is 3.91. The van der Waals surface area contributed by atoms with Crippen molar-refractivity contribution in [2.75, 3.05) is 47.6 Å². The molecule has 6 nitrogen and oxygen atoms in total. The fourth-order valence-electron chi connectivity index (χ4n) is 0.723. The van der Waals surface area contributed by atoms with E-state index in [2.05, 4.69) is 4.72 Å². The van der Waals surface area contributed by atoms with Crippen LogP contribution in [0, 0.1) is 0 Å². The summed E-state index contributed by atoms with van der Waals surface area (Å²) < 4.78 is 35.9. The molecule has 0 aromatic rings. The zero-order valence-electron chi connectivity index (χ0n) is 8.82. The fraction of sp³-hybridized carbons (Fsp3) is 1.00. The van der Waals surface area contributed by atoms with E-state index in [0.29, 0.717) is 19.8 Å². The predicted octanol–water partition coefficient (Wildman–Crippen LogP) is -0.955. The number of rotatable bonds is 8. The first-order chi connectivity index (χ1) is 6.54. The van der Waals surface area contributed by atoms with Crippen molar-refractivity contribution >= 4 is 10.2 Å². The highest BCUT2D eigenvalue weighted by Gasteiger charge is 2.15. The van der Waals surface area contributed by atoms with Crippen molar-refractivity contribution in [3.8, 4) is 0 Å². The summed E-state index contributed by atoms with van der Waals surface area (Å²) in [6.45, 7) is 1.34. The van der Waals surface area contributed by atoms with Gasteiger partial charge in [0.2, 0.25) is 0 Å². The lowest BCUT2D eigenvalue weighted by Gasteiger charge is -2.16. The molecule has 14 heavy (non-hydrogen) atoms. The largest absolute Gasteiger partial charge is 0.383 e. The molecule has 0 fully saturated rings. The summed E-state index contributed by atoms with van der Waals surface area (Å²) in [5.41, 5.74) is 0. The van der Waals surface area contributed by atoms with Crippen LogP contribution in [0.2, 0.25) is 0 Å². The first-order valence-corrected chi connectivity index (χ1v) is 5.67. The van der Waals surface area contributed by atoms with Gasteiger partial charge in [-0.3, -0.25) is 0 Å². The first-order valence-electron chi connectivity index (χ1n) is 4.23. The monoisotopic (exact) mass is 226 g/mol. The third-order valence-electron chi connectivity index (χ3n) is 1.61. The standard InChI is InChI=1S/C7H18N2O4S/c1-9(5-7-13-3)14(10,11)8-4-6-12-2/h8H,4-7H2,1-3H3. The van der Waals surface area contributed by atoms with Crippen LogP contribution in [0.25, 0.3) is 0 Å². The van der Waals surface area contributed by atoms with Gasteiger partial charge >= 0.3 is 0 Å². The Hall–Kier alpha value is -0.210. The van der Waals surface area contributed by atoms with Crippen molar-refractivity contribution in [2.24, 2.45) is 0 Å². The van der Waals surface area contributed by atoms with E-state index >= 15 is 0 Å². The van der Waals surface area contributed by atoms with Crippen molar-refractivity contribution in [3.05, 3.63) is 0 Å². The maximum Gasteiger partial charge on any atom is 0.279 e. The summed E-state index contributed by atoms with van der Waals surface area (Å²) in [6.07, 6.45) is 0. The maximum absolute atomic E-state index is 11.4. The number of likely N-dealkylation sites (N-methyl/N-ethyl adjacent to an activating group) is 1. The third-order valence-corrected chi connectivity index (χ3v) is 3.18. The quantitative estimate of drug-likeness (QED) is 0.542. The molecule has 0 unspecified atom stereocenters. The molecule has 0 radical (unpaired) electrons. The maximum atomic E-state index is 11.4. The van der Waals surface area contributed by atoms with Gasteiger partial charge in [-0.05, 0) is 0 Å². The molecule has 86 valence electrons. The SMILES string of the molecule is COCCNS(=O)(=O)N(C)CCOC. The number of hydrogen-bond donors (Lipinski definition) is 1. The minimum atomic E-state index is -3.38. The van der Waals surface area contributed by atoms with Gasteiger partial charge in [0.25, 0.3) is 10.2 Å². The molecule has 7 heteroatoms. The van der Waals surface area contributed by atoms with E-state index in [1.807, 2.05) is 0 Å². The molecule has 0 rings (SSSR count). The van der Waals surface area contributed by atoms with Crippen molar-refractivity contribution < 1.29 is 17.9 Å². The molecule has 0 saturated carbocycles. The average Bonchev–Trinajstić information content (AvgIpc) is 2.14. The van der Waals surface area contributed by atoms with Crippen molar-refractivity contribution in [1.29, 1.82) is 0 Å². The Bertz CT molecular complexity index is 230. The molecule has 0 aliphatic rings. The van der Waals surface area contributed by atoms with E-state index in [-0.39, 0.29) is 6.54 Å². The second kappa shape index (κ2) is 7.13. The van der Waals surface area contributed by atoms with Crippen LogP contribution >= 0.6 is 0 Å². The zero-order chi connectivity index (χ0) is 11.0. The molecule has 0 aromatic heterocycles. The number of hydrogen-bond acceptors (Lipinski definition) is 4. The van der Waals surface area contributed by atoms with Gasteiger partial charge in [0.15, 0.2) is 0 Å². The molecular weight excluding hydrogens is 208 g/mol. The second-order valence-corrected chi connectivity index (χ2v) is 4.57. The second-order valence-electron chi connectivity index (χ2n) is 2.71. The smallest absolute Gasteiger partial charge is 0.279 e. The normalized spacial score (nSPS) is 12.3. The molecule has 0 atom stereocenters. The third kappa shape index (κ3) is 5.51. The van der Waals surface area contributed by atoms with Gasteiger partial charge in [0, 0.05) is 34.4 Å². The van der Waals surface area contributed by atoms with Crippen LogP contribution in [-0.4, -0.2) is 60.3 Å². The van der Waals surface area contributed by atoms with Crippen LogP contribution in [0.5, 0.6) is 0 Å². The van der Waals surface area contributed by atoms with Gasteiger partial charge in [0.1, 0.15) is 0 Å². The van der Waals surface area contributed by atoms with Gasteiger partial charge in [-0.1, -0.05) is 0 Å². The summed E-state index contributed by atoms with van der Waals surface area (Å²) in [7, 11) is 1.16. The number of nitrogens with zero attached hydrogens (tertiary/aromatic N) is 1. The fourth-order valence-corrected chi connectivity index (χ4v) is 1.60. The highest BCUT2D eigenvalue weighted by Crippen LogP contribution is 1.92. The van der Waals surface area contributed by atoms with Crippen LogP contribution in [-0.2, 0) is 19.7 Å². The highest BCUT2D eigenvalue weighted by molar-refractivity contribution is 7.87. The molecule has 0 aliphatic carbocycles. The summed E-state index contributed by atoms with van der Waals surface area (Å²) >= 11 is 0. The highest BCUT2D eigenvalue weighted by atomic mass is 32.2. The summed E-state index contributed by atoms with van der Waals surface area (Å²) in [4.78, 5) is 0. The van der Waals surface area contributed by atoms with E-state index < -0.39 is 10.2 Å². The number of ether oxygens (including phenoxy) is 2. The minimum absolute atomic E-state index is 0.274. The molecule has 0 amide bonds. The predicted molar refractivity (Wildman–Crippen MR) is 53.3 cm³/mol. The first kappa shape index (κ1) is 13.8. The Morgan fingerprint density at radius 1 is 1.21 bits per heavy atom. The van der Waals surface area contributed by atoms with E-state index in [1.54, 1.807) is 0 Å². The zero-order valence-corrected chi connectivity index (χ0v) is 9.63. The molecule has 0 spiro atoms. The molecule has 0 aliphatic heterocycles. The van der Waals surface area contributed by atoms with E-state index in [9.17, 15) is 8.42 Å². The van der Waals surface area contributed by atoms with Crippen LogP contribution in [0.3, 0.4) is 0 Å². The molecule has 0 heterocycles. The lowest BCUT2D eigenvalue weighted by atomic mass is 10.7. The van der Waals surface area contributed by atoms with Gasteiger partial charge in [-0.2, -0.15) is 17.4 Å². The summed E-state index contributed by atoms with van der Waals surface area (Å²) in [6, 6.07) is 0. The Labute approximate surface area is 85.4 Å².